The highest BCUT2D eigenvalue weighted by molar-refractivity contribution is 7.89. The van der Waals surface area contributed by atoms with Crippen LogP contribution in [0.25, 0.3) is 0 Å². The van der Waals surface area contributed by atoms with Gasteiger partial charge in [-0.25, -0.2) is 8.42 Å². The molecule has 148 valence electrons. The molecule has 0 unspecified atom stereocenters. The van der Waals surface area contributed by atoms with Crippen molar-refractivity contribution in [1.82, 2.24) is 9.21 Å². The van der Waals surface area contributed by atoms with Gasteiger partial charge in [-0.05, 0) is 30.3 Å². The molecular formula is C17H17N3O7S. The molecule has 1 aromatic carbocycles. The minimum absolute atomic E-state index is 0.102. The van der Waals surface area contributed by atoms with Crippen LogP contribution >= 0.6 is 0 Å². The number of carbonyl (C=O) groups excluding carboxylic acids is 2. The molecule has 0 saturated carbocycles. The normalized spacial score (nSPS) is 16.9. The van der Waals surface area contributed by atoms with Crippen LogP contribution in [0.2, 0.25) is 0 Å². The van der Waals surface area contributed by atoms with E-state index in [1.165, 1.54) is 16.4 Å². The molecule has 0 atom stereocenters. The van der Waals surface area contributed by atoms with E-state index in [9.17, 15) is 18.0 Å². The van der Waals surface area contributed by atoms with Crippen LogP contribution in [0, 0.1) is 0 Å². The summed E-state index contributed by atoms with van der Waals surface area (Å²) >= 11 is 0. The van der Waals surface area contributed by atoms with E-state index >= 15 is 0 Å². The zero-order valence-electron chi connectivity index (χ0n) is 14.7. The van der Waals surface area contributed by atoms with Gasteiger partial charge in [0.2, 0.25) is 11.9 Å². The van der Waals surface area contributed by atoms with Crippen molar-refractivity contribution in [3.05, 3.63) is 41.7 Å². The van der Waals surface area contributed by atoms with Crippen LogP contribution in [0.1, 0.15) is 20.9 Å². The van der Waals surface area contributed by atoms with Crippen molar-refractivity contribution in [2.24, 2.45) is 5.73 Å². The van der Waals surface area contributed by atoms with Gasteiger partial charge in [0.05, 0.1) is 0 Å². The molecule has 1 saturated heterocycles. The number of amides is 2. The van der Waals surface area contributed by atoms with Crippen LogP contribution in [-0.2, 0) is 10.0 Å². The third kappa shape index (κ3) is 3.18. The van der Waals surface area contributed by atoms with E-state index in [1.807, 2.05) is 0 Å². The molecular weight excluding hydrogens is 390 g/mol. The van der Waals surface area contributed by atoms with E-state index in [2.05, 4.69) is 0 Å². The largest absolute Gasteiger partial charge is 0.454 e. The molecule has 1 aromatic heterocycles. The lowest BCUT2D eigenvalue weighted by Crippen LogP contribution is -2.50. The zero-order chi connectivity index (χ0) is 19.9. The number of fused-ring (bicyclic) bond motifs is 1. The van der Waals surface area contributed by atoms with Gasteiger partial charge >= 0.3 is 0 Å². The molecule has 4 rings (SSSR count). The molecule has 0 aliphatic carbocycles. The van der Waals surface area contributed by atoms with Crippen LogP contribution in [0.3, 0.4) is 0 Å². The number of primary amides is 1. The van der Waals surface area contributed by atoms with Crippen molar-refractivity contribution < 1.29 is 31.9 Å². The molecule has 11 heteroatoms. The second kappa shape index (κ2) is 6.84. The fraction of sp³-hybridized carbons (Fsp3) is 0.294. The Bertz CT molecular complexity index is 1040. The van der Waals surface area contributed by atoms with Crippen LogP contribution in [0.5, 0.6) is 11.5 Å². The highest BCUT2D eigenvalue weighted by atomic mass is 32.2. The van der Waals surface area contributed by atoms with Gasteiger partial charge in [0.25, 0.3) is 21.8 Å². The second-order valence-corrected chi connectivity index (χ2v) is 8.12. The predicted molar refractivity (Wildman–Crippen MR) is 94.5 cm³/mol. The van der Waals surface area contributed by atoms with E-state index in [1.54, 1.807) is 23.1 Å². The first-order valence-electron chi connectivity index (χ1n) is 8.45. The lowest BCUT2D eigenvalue weighted by molar-refractivity contribution is 0.0696. The van der Waals surface area contributed by atoms with Gasteiger partial charge in [-0.1, -0.05) is 0 Å². The Morgan fingerprint density at radius 1 is 0.964 bits per heavy atom. The highest BCUT2D eigenvalue weighted by Gasteiger charge is 2.33. The summed E-state index contributed by atoms with van der Waals surface area (Å²) in [5, 5.41) is -0.350. The second-order valence-electron chi connectivity index (χ2n) is 6.25. The summed E-state index contributed by atoms with van der Waals surface area (Å²) in [4.78, 5) is 25.4. The summed E-state index contributed by atoms with van der Waals surface area (Å²) in [6, 6.07) is 7.34. The quantitative estimate of drug-likeness (QED) is 0.768. The Morgan fingerprint density at radius 3 is 2.36 bits per heavy atom. The van der Waals surface area contributed by atoms with Crippen molar-refractivity contribution in [3.8, 4) is 11.5 Å². The van der Waals surface area contributed by atoms with Crippen LogP contribution < -0.4 is 15.2 Å². The Kier molecular flexibility index (Phi) is 4.47. The number of nitrogens with two attached hydrogens (primary N) is 1. The van der Waals surface area contributed by atoms with Crippen LogP contribution in [0.15, 0.2) is 39.8 Å². The summed E-state index contributed by atoms with van der Waals surface area (Å²) in [5.41, 5.74) is 5.53. The van der Waals surface area contributed by atoms with E-state index in [0.717, 1.165) is 0 Å². The number of ether oxygens (including phenoxy) is 2. The SMILES string of the molecule is NC(=O)c1ccc(S(=O)(=O)N2CCN(C(=O)c3ccc4c(c3)OCO4)CC2)o1. The Morgan fingerprint density at radius 2 is 1.68 bits per heavy atom. The van der Waals surface area contributed by atoms with Crippen LogP contribution in [0.4, 0.5) is 0 Å². The van der Waals surface area contributed by atoms with Crippen molar-refractivity contribution >= 4 is 21.8 Å². The maximum Gasteiger partial charge on any atom is 0.284 e. The molecule has 2 N–H and O–H groups in total. The number of nitrogens with zero attached hydrogens (tertiary/aromatic N) is 2. The minimum Gasteiger partial charge on any atom is -0.454 e. The Labute approximate surface area is 160 Å². The van der Waals surface area contributed by atoms with Gasteiger partial charge in [-0.3, -0.25) is 9.59 Å². The molecule has 0 spiro atoms. The van der Waals surface area contributed by atoms with E-state index in [0.29, 0.717) is 17.1 Å². The first-order chi connectivity index (χ1) is 13.4. The Hall–Kier alpha value is -3.05. The Balaban J connectivity index is 1.43. The fourth-order valence-corrected chi connectivity index (χ4v) is 4.40. The molecule has 2 aromatic rings. The predicted octanol–water partition coefficient (Wildman–Crippen LogP) is 0.254. The van der Waals surface area contributed by atoms with Gasteiger partial charge in [-0.15, -0.1) is 0 Å². The highest BCUT2D eigenvalue weighted by Crippen LogP contribution is 2.33. The summed E-state index contributed by atoms with van der Waals surface area (Å²) in [7, 11) is -3.91. The maximum atomic E-state index is 12.7. The topological polar surface area (TPSA) is 132 Å². The minimum atomic E-state index is -3.91. The summed E-state index contributed by atoms with van der Waals surface area (Å²) in [6.07, 6.45) is 0. The van der Waals surface area contributed by atoms with Gasteiger partial charge in [0, 0.05) is 31.7 Å². The lowest BCUT2D eigenvalue weighted by Gasteiger charge is -2.33. The molecule has 0 bridgehead atoms. The van der Waals surface area contributed by atoms with E-state index in [4.69, 9.17) is 19.6 Å². The smallest absolute Gasteiger partial charge is 0.284 e. The number of benzene rings is 1. The number of piperazine rings is 1. The number of hydrogen-bond acceptors (Lipinski definition) is 7. The van der Waals surface area contributed by atoms with Gasteiger partial charge in [0.15, 0.2) is 17.3 Å². The first kappa shape index (κ1) is 18.3. The molecule has 2 amide bonds. The molecule has 28 heavy (non-hydrogen) atoms. The number of hydrogen-bond donors (Lipinski definition) is 1. The maximum absolute atomic E-state index is 12.7. The average molecular weight is 407 g/mol. The van der Waals surface area contributed by atoms with Crippen molar-refractivity contribution in [3.63, 3.8) is 0 Å². The molecule has 2 aliphatic rings. The van der Waals surface area contributed by atoms with Crippen molar-refractivity contribution in [2.45, 2.75) is 5.09 Å². The molecule has 1 fully saturated rings. The summed E-state index contributed by atoms with van der Waals surface area (Å²) < 4.78 is 42.0. The lowest BCUT2D eigenvalue weighted by atomic mass is 10.1. The van der Waals surface area contributed by atoms with Gasteiger partial charge in [0.1, 0.15) is 0 Å². The third-order valence-electron chi connectivity index (χ3n) is 4.56. The van der Waals surface area contributed by atoms with Crippen LogP contribution in [-0.4, -0.2) is 62.4 Å². The summed E-state index contributed by atoms with van der Waals surface area (Å²) in [6.45, 7) is 0.760. The molecule has 10 nitrogen and oxygen atoms in total. The number of sulfonamides is 1. The molecule has 2 aliphatic heterocycles. The van der Waals surface area contributed by atoms with E-state index < -0.39 is 15.9 Å². The van der Waals surface area contributed by atoms with Crippen molar-refractivity contribution in [2.75, 3.05) is 33.0 Å². The number of rotatable bonds is 4. The number of furan rings is 1. The van der Waals surface area contributed by atoms with Gasteiger partial charge < -0.3 is 24.5 Å². The molecule has 3 heterocycles. The number of carbonyl (C=O) groups is 2. The summed E-state index contributed by atoms with van der Waals surface area (Å²) in [5.74, 6) is -0.198. The van der Waals surface area contributed by atoms with Gasteiger partial charge in [-0.2, -0.15) is 4.31 Å². The first-order valence-corrected chi connectivity index (χ1v) is 9.89. The van der Waals surface area contributed by atoms with Crippen molar-refractivity contribution in [1.29, 1.82) is 0 Å². The fourth-order valence-electron chi connectivity index (χ4n) is 3.06. The monoisotopic (exact) mass is 407 g/mol. The van der Waals surface area contributed by atoms with E-state index in [-0.39, 0.29) is 49.7 Å². The zero-order valence-corrected chi connectivity index (χ0v) is 15.5. The molecule has 0 radical (unpaired) electrons. The third-order valence-corrected chi connectivity index (χ3v) is 6.34. The average Bonchev–Trinajstić information content (AvgIpc) is 3.36. The standard InChI is InChI=1S/C17H17N3O7S/c18-16(21)13-3-4-15(27-13)28(23,24)20-7-5-19(6-8-20)17(22)11-1-2-12-14(9-11)26-10-25-12/h1-4,9H,5-8,10H2,(H2,18,21).